The first-order valence-corrected chi connectivity index (χ1v) is 9.53. The fourth-order valence-electron chi connectivity index (χ4n) is 3.35. The summed E-state index contributed by atoms with van der Waals surface area (Å²) in [5, 5.41) is 12.0. The Morgan fingerprint density at radius 2 is 2.14 bits per heavy atom. The third kappa shape index (κ3) is 5.34. The first-order chi connectivity index (χ1) is 13.8. The van der Waals surface area contributed by atoms with E-state index in [1.54, 1.807) is 17.2 Å². The van der Waals surface area contributed by atoms with E-state index in [1.807, 2.05) is 12.1 Å². The highest BCUT2D eigenvalue weighted by molar-refractivity contribution is 7.07. The molecule has 2 aromatic rings. The number of hydrogen-bond acceptors (Lipinski definition) is 7. The number of hydrogen-bond donors (Lipinski definition) is 2. The van der Waals surface area contributed by atoms with Crippen LogP contribution in [0.5, 0.6) is 0 Å². The summed E-state index contributed by atoms with van der Waals surface area (Å²) in [6.45, 7) is 2.98. The molecule has 0 saturated carbocycles. The number of likely N-dealkylation sites (tertiary alicyclic amines) is 1. The predicted octanol–water partition coefficient (Wildman–Crippen LogP) is 2.00. The van der Waals surface area contributed by atoms with Crippen molar-refractivity contribution in [2.24, 2.45) is 5.92 Å². The quantitative estimate of drug-likeness (QED) is 0.760. The van der Waals surface area contributed by atoms with Gasteiger partial charge in [-0.05, 0) is 12.1 Å². The largest absolute Gasteiger partial charge is 0.490 e. The Morgan fingerprint density at radius 1 is 1.38 bits per heavy atom. The Hall–Kier alpha value is -2.44. The molecular formula is C17H18F3N3O5S. The van der Waals surface area contributed by atoms with Gasteiger partial charge in [0.15, 0.2) is 0 Å². The molecule has 8 nitrogen and oxygen atoms in total. The van der Waals surface area contributed by atoms with Gasteiger partial charge in [-0.15, -0.1) is 11.3 Å². The standard InChI is InChI=1S/C15H17N3O3S.C2HF3O2/c19-15(13-8-22-9-16-13)17-12-5-18(4-10-2-1-3-21-10)14-7-20-6-11(12)14;3-2(4,5)1(6)7/h1-3,8-9,11-12,14H,4-7H2,(H,17,19);(H,6,7)/t11-,12-,14-;/m1./s1. The van der Waals surface area contributed by atoms with Gasteiger partial charge in [0.1, 0.15) is 11.5 Å². The zero-order chi connectivity index (χ0) is 21.0. The Bertz CT molecular complexity index is 813. The number of aromatic nitrogens is 1. The molecule has 3 atom stereocenters. The molecule has 2 aromatic heterocycles. The van der Waals surface area contributed by atoms with Crippen LogP contribution >= 0.6 is 11.3 Å². The van der Waals surface area contributed by atoms with Gasteiger partial charge in [0.2, 0.25) is 0 Å². The maximum Gasteiger partial charge on any atom is 0.490 e. The van der Waals surface area contributed by atoms with E-state index in [1.165, 1.54) is 11.3 Å². The highest BCUT2D eigenvalue weighted by atomic mass is 32.1. The van der Waals surface area contributed by atoms with Crippen LogP contribution in [-0.2, 0) is 16.1 Å². The molecule has 0 aromatic carbocycles. The highest BCUT2D eigenvalue weighted by Crippen LogP contribution is 2.31. The summed E-state index contributed by atoms with van der Waals surface area (Å²) >= 11 is 1.43. The Balaban J connectivity index is 0.000000298. The lowest BCUT2D eigenvalue weighted by Crippen LogP contribution is -2.41. The van der Waals surface area contributed by atoms with E-state index < -0.39 is 12.1 Å². The van der Waals surface area contributed by atoms with Crippen molar-refractivity contribution < 1.29 is 37.0 Å². The number of thiazole rings is 1. The van der Waals surface area contributed by atoms with E-state index in [0.29, 0.717) is 30.9 Å². The second-order valence-electron chi connectivity index (χ2n) is 6.53. The molecule has 12 heteroatoms. The summed E-state index contributed by atoms with van der Waals surface area (Å²) in [7, 11) is 0. The monoisotopic (exact) mass is 433 g/mol. The van der Waals surface area contributed by atoms with E-state index >= 15 is 0 Å². The van der Waals surface area contributed by atoms with Crippen LogP contribution in [-0.4, -0.2) is 64.9 Å². The van der Waals surface area contributed by atoms with Crippen LogP contribution in [0.2, 0.25) is 0 Å². The fourth-order valence-corrected chi connectivity index (χ4v) is 3.88. The molecule has 0 unspecified atom stereocenters. The first kappa shape index (κ1) is 21.3. The van der Waals surface area contributed by atoms with Crippen molar-refractivity contribution in [1.29, 1.82) is 0 Å². The van der Waals surface area contributed by atoms with Crippen molar-refractivity contribution >= 4 is 23.2 Å². The average Bonchev–Trinajstić information content (AvgIpc) is 3.43. The number of furan rings is 1. The lowest BCUT2D eigenvalue weighted by molar-refractivity contribution is -0.192. The van der Waals surface area contributed by atoms with E-state index in [0.717, 1.165) is 18.8 Å². The van der Waals surface area contributed by atoms with Crippen LogP contribution in [0.4, 0.5) is 13.2 Å². The lowest BCUT2D eigenvalue weighted by Gasteiger charge is -2.20. The summed E-state index contributed by atoms with van der Waals surface area (Å²) in [6.07, 6.45) is -3.39. The first-order valence-electron chi connectivity index (χ1n) is 8.59. The van der Waals surface area contributed by atoms with Crippen molar-refractivity contribution in [3.63, 3.8) is 0 Å². The number of rotatable bonds is 4. The minimum absolute atomic E-state index is 0.0941. The number of halogens is 3. The molecule has 0 radical (unpaired) electrons. The molecule has 0 bridgehead atoms. The van der Waals surface area contributed by atoms with Crippen molar-refractivity contribution in [2.75, 3.05) is 19.8 Å². The smallest absolute Gasteiger partial charge is 0.475 e. The van der Waals surface area contributed by atoms with E-state index in [2.05, 4.69) is 15.2 Å². The molecule has 0 aliphatic carbocycles. The number of nitrogens with one attached hydrogen (secondary N) is 1. The summed E-state index contributed by atoms with van der Waals surface area (Å²) in [6, 6.07) is 4.31. The molecule has 158 valence electrons. The van der Waals surface area contributed by atoms with Crippen molar-refractivity contribution in [3.8, 4) is 0 Å². The molecule has 0 spiro atoms. The predicted molar refractivity (Wildman–Crippen MR) is 94.3 cm³/mol. The Labute approximate surface area is 167 Å². The van der Waals surface area contributed by atoms with Gasteiger partial charge in [0, 0.05) is 29.9 Å². The minimum atomic E-state index is -5.08. The number of fused-ring (bicyclic) bond motifs is 1. The van der Waals surface area contributed by atoms with E-state index in [-0.39, 0.29) is 11.9 Å². The number of carboxylic acids is 1. The van der Waals surface area contributed by atoms with Gasteiger partial charge in [-0.25, -0.2) is 9.78 Å². The second kappa shape index (κ2) is 8.93. The van der Waals surface area contributed by atoms with Crippen LogP contribution in [0.3, 0.4) is 0 Å². The molecule has 2 aliphatic heterocycles. The third-order valence-electron chi connectivity index (χ3n) is 4.67. The number of carbonyl (C=O) groups excluding carboxylic acids is 1. The van der Waals surface area contributed by atoms with Gasteiger partial charge in [0.25, 0.3) is 5.91 Å². The van der Waals surface area contributed by atoms with Crippen LogP contribution in [0.25, 0.3) is 0 Å². The molecule has 2 aliphatic rings. The van der Waals surface area contributed by atoms with E-state index in [9.17, 15) is 18.0 Å². The molecular weight excluding hydrogens is 415 g/mol. The Kier molecular flexibility index (Phi) is 6.55. The average molecular weight is 433 g/mol. The van der Waals surface area contributed by atoms with Crippen molar-refractivity contribution in [3.05, 3.63) is 40.7 Å². The third-order valence-corrected chi connectivity index (χ3v) is 5.26. The highest BCUT2D eigenvalue weighted by Gasteiger charge is 2.46. The van der Waals surface area contributed by atoms with Crippen molar-refractivity contribution in [2.45, 2.75) is 24.8 Å². The fraction of sp³-hybridized carbons (Fsp3) is 0.471. The zero-order valence-electron chi connectivity index (χ0n) is 15.0. The van der Waals surface area contributed by atoms with Crippen LogP contribution in [0, 0.1) is 5.92 Å². The lowest BCUT2D eigenvalue weighted by atomic mass is 10.00. The maximum absolute atomic E-state index is 12.2. The molecule has 4 heterocycles. The minimum Gasteiger partial charge on any atom is -0.475 e. The molecule has 2 saturated heterocycles. The number of amides is 1. The molecule has 2 fully saturated rings. The second-order valence-corrected chi connectivity index (χ2v) is 7.25. The van der Waals surface area contributed by atoms with Crippen LogP contribution in [0.1, 0.15) is 16.2 Å². The number of carboxylic acid groups (broad SMARTS) is 1. The Morgan fingerprint density at radius 3 is 2.72 bits per heavy atom. The van der Waals surface area contributed by atoms with Gasteiger partial charge in [-0.3, -0.25) is 9.69 Å². The number of aliphatic carboxylic acids is 1. The number of alkyl halides is 3. The summed E-state index contributed by atoms with van der Waals surface area (Å²) in [5.74, 6) is -1.58. The van der Waals surface area contributed by atoms with Crippen molar-refractivity contribution in [1.82, 2.24) is 15.2 Å². The topological polar surface area (TPSA) is 105 Å². The number of ether oxygens (including phenoxy) is 1. The van der Waals surface area contributed by atoms with E-state index in [4.69, 9.17) is 19.1 Å². The maximum atomic E-state index is 12.2. The van der Waals surface area contributed by atoms with Crippen LogP contribution < -0.4 is 5.32 Å². The van der Waals surface area contributed by atoms with Gasteiger partial charge in [-0.2, -0.15) is 13.2 Å². The number of carbonyl (C=O) groups is 2. The zero-order valence-corrected chi connectivity index (χ0v) is 15.8. The van der Waals surface area contributed by atoms with Gasteiger partial charge < -0.3 is 19.6 Å². The summed E-state index contributed by atoms with van der Waals surface area (Å²) in [4.78, 5) is 27.5. The summed E-state index contributed by atoms with van der Waals surface area (Å²) in [5.41, 5.74) is 2.17. The SMILES string of the molecule is O=C(N[C@@H]1CN(Cc2ccco2)[C@@H]2COC[C@@H]21)c1cscn1.O=C(O)C(F)(F)F. The molecule has 1 amide bonds. The molecule has 29 heavy (non-hydrogen) atoms. The number of nitrogens with zero attached hydrogens (tertiary/aromatic N) is 2. The van der Waals surface area contributed by atoms with Gasteiger partial charge in [0.05, 0.1) is 31.5 Å². The summed E-state index contributed by atoms with van der Waals surface area (Å²) < 4.78 is 42.8. The molecule has 4 rings (SSSR count). The van der Waals surface area contributed by atoms with Gasteiger partial charge >= 0.3 is 12.1 Å². The van der Waals surface area contributed by atoms with Crippen LogP contribution in [0.15, 0.2) is 33.7 Å². The molecule has 2 N–H and O–H groups in total. The normalized spacial score (nSPS) is 23.9. The van der Waals surface area contributed by atoms with Gasteiger partial charge in [-0.1, -0.05) is 0 Å².